The second kappa shape index (κ2) is 6.91. The van der Waals surface area contributed by atoms with Crippen LogP contribution in [0, 0.1) is 5.92 Å². The molecular formula is C16H32N2. The SMILES string of the molecule is CCCC(C)N1CC(C)NCC1C1CCCCC1. The van der Waals surface area contributed by atoms with Crippen LogP contribution in [0.15, 0.2) is 0 Å². The van der Waals surface area contributed by atoms with Crippen molar-refractivity contribution in [3.8, 4) is 0 Å². The average Bonchev–Trinajstić information content (AvgIpc) is 2.40. The Kier molecular flexibility index (Phi) is 5.50. The van der Waals surface area contributed by atoms with Gasteiger partial charge < -0.3 is 5.32 Å². The molecule has 1 saturated carbocycles. The predicted octanol–water partition coefficient (Wildman–Crippen LogP) is 3.42. The van der Waals surface area contributed by atoms with Gasteiger partial charge in [0.15, 0.2) is 0 Å². The number of nitrogens with zero attached hydrogens (tertiary/aromatic N) is 1. The first-order valence-corrected chi connectivity index (χ1v) is 8.21. The third-order valence-electron chi connectivity index (χ3n) is 5.05. The maximum Gasteiger partial charge on any atom is 0.0252 e. The number of piperazine rings is 1. The van der Waals surface area contributed by atoms with E-state index in [1.165, 1.54) is 58.0 Å². The number of nitrogens with one attached hydrogen (secondary N) is 1. The van der Waals surface area contributed by atoms with Crippen LogP contribution < -0.4 is 5.32 Å². The highest BCUT2D eigenvalue weighted by Crippen LogP contribution is 2.31. The maximum atomic E-state index is 3.71. The van der Waals surface area contributed by atoms with Crippen molar-refractivity contribution in [2.45, 2.75) is 83.8 Å². The van der Waals surface area contributed by atoms with E-state index < -0.39 is 0 Å². The van der Waals surface area contributed by atoms with Crippen LogP contribution in [0.3, 0.4) is 0 Å². The monoisotopic (exact) mass is 252 g/mol. The molecule has 1 N–H and O–H groups in total. The number of hydrogen-bond donors (Lipinski definition) is 1. The Morgan fingerprint density at radius 1 is 1.22 bits per heavy atom. The van der Waals surface area contributed by atoms with E-state index in [4.69, 9.17) is 0 Å². The highest BCUT2D eigenvalue weighted by Gasteiger charge is 2.34. The lowest BCUT2D eigenvalue weighted by Gasteiger charge is -2.47. The first-order valence-electron chi connectivity index (χ1n) is 8.21. The van der Waals surface area contributed by atoms with Crippen molar-refractivity contribution in [3.05, 3.63) is 0 Å². The van der Waals surface area contributed by atoms with E-state index >= 15 is 0 Å². The summed E-state index contributed by atoms with van der Waals surface area (Å²) in [5.41, 5.74) is 0. The van der Waals surface area contributed by atoms with Crippen LogP contribution in [0.2, 0.25) is 0 Å². The van der Waals surface area contributed by atoms with Crippen LogP contribution >= 0.6 is 0 Å². The first kappa shape index (κ1) is 14.3. The summed E-state index contributed by atoms with van der Waals surface area (Å²) in [6.45, 7) is 9.57. The Hall–Kier alpha value is -0.0800. The van der Waals surface area contributed by atoms with E-state index in [1.807, 2.05) is 0 Å². The van der Waals surface area contributed by atoms with Crippen LogP contribution in [0.4, 0.5) is 0 Å². The highest BCUT2D eigenvalue weighted by molar-refractivity contribution is 4.91. The fourth-order valence-electron chi connectivity index (χ4n) is 4.00. The zero-order valence-electron chi connectivity index (χ0n) is 12.6. The van der Waals surface area contributed by atoms with Gasteiger partial charge in [-0.2, -0.15) is 0 Å². The van der Waals surface area contributed by atoms with E-state index in [0.29, 0.717) is 6.04 Å². The number of rotatable bonds is 4. The van der Waals surface area contributed by atoms with Crippen LogP contribution in [-0.2, 0) is 0 Å². The molecule has 2 rings (SSSR count). The molecule has 2 aliphatic rings. The molecule has 2 nitrogen and oxygen atoms in total. The van der Waals surface area contributed by atoms with Gasteiger partial charge >= 0.3 is 0 Å². The Morgan fingerprint density at radius 2 is 1.94 bits per heavy atom. The summed E-state index contributed by atoms with van der Waals surface area (Å²) in [4.78, 5) is 2.83. The molecule has 0 aromatic carbocycles. The molecule has 1 heterocycles. The van der Waals surface area contributed by atoms with Crippen molar-refractivity contribution in [1.29, 1.82) is 0 Å². The summed E-state index contributed by atoms with van der Waals surface area (Å²) in [6.07, 6.45) is 10.0. The van der Waals surface area contributed by atoms with Gasteiger partial charge in [0.25, 0.3) is 0 Å². The predicted molar refractivity (Wildman–Crippen MR) is 78.9 cm³/mol. The van der Waals surface area contributed by atoms with E-state index in [1.54, 1.807) is 0 Å². The molecule has 0 aromatic rings. The molecule has 3 unspecified atom stereocenters. The lowest BCUT2D eigenvalue weighted by Crippen LogP contribution is -2.60. The van der Waals surface area contributed by atoms with Crippen LogP contribution in [0.25, 0.3) is 0 Å². The van der Waals surface area contributed by atoms with Crippen molar-refractivity contribution in [3.63, 3.8) is 0 Å². The van der Waals surface area contributed by atoms with Gasteiger partial charge in [0, 0.05) is 31.2 Å². The normalized spacial score (nSPS) is 33.5. The van der Waals surface area contributed by atoms with Gasteiger partial charge in [-0.15, -0.1) is 0 Å². The first-order chi connectivity index (χ1) is 8.72. The zero-order valence-corrected chi connectivity index (χ0v) is 12.6. The van der Waals surface area contributed by atoms with Gasteiger partial charge in [0.05, 0.1) is 0 Å². The van der Waals surface area contributed by atoms with Crippen molar-refractivity contribution < 1.29 is 0 Å². The Morgan fingerprint density at radius 3 is 2.61 bits per heavy atom. The molecule has 0 spiro atoms. The Bertz CT molecular complexity index is 235. The molecule has 2 fully saturated rings. The molecule has 106 valence electrons. The molecule has 0 aromatic heterocycles. The van der Waals surface area contributed by atoms with Gasteiger partial charge in [-0.25, -0.2) is 0 Å². The highest BCUT2D eigenvalue weighted by atomic mass is 15.3. The summed E-state index contributed by atoms with van der Waals surface area (Å²) >= 11 is 0. The third kappa shape index (κ3) is 3.48. The van der Waals surface area contributed by atoms with Crippen LogP contribution in [0.5, 0.6) is 0 Å². The second-order valence-corrected chi connectivity index (χ2v) is 6.61. The molecule has 0 radical (unpaired) electrons. The summed E-state index contributed by atoms with van der Waals surface area (Å²) < 4.78 is 0. The summed E-state index contributed by atoms with van der Waals surface area (Å²) in [7, 11) is 0. The Labute approximate surface area is 114 Å². The molecule has 0 amide bonds. The topological polar surface area (TPSA) is 15.3 Å². The molecule has 18 heavy (non-hydrogen) atoms. The smallest absolute Gasteiger partial charge is 0.0252 e. The number of hydrogen-bond acceptors (Lipinski definition) is 2. The van der Waals surface area contributed by atoms with Gasteiger partial charge in [-0.05, 0) is 39.0 Å². The summed E-state index contributed by atoms with van der Waals surface area (Å²) in [5, 5.41) is 3.71. The van der Waals surface area contributed by atoms with Crippen molar-refractivity contribution >= 4 is 0 Å². The van der Waals surface area contributed by atoms with Gasteiger partial charge in [0.1, 0.15) is 0 Å². The van der Waals surface area contributed by atoms with Crippen LogP contribution in [0.1, 0.15) is 65.7 Å². The largest absolute Gasteiger partial charge is 0.311 e. The molecule has 1 aliphatic heterocycles. The minimum absolute atomic E-state index is 0.671. The van der Waals surface area contributed by atoms with E-state index in [9.17, 15) is 0 Å². The molecule has 0 bridgehead atoms. The fourth-order valence-corrected chi connectivity index (χ4v) is 4.00. The van der Waals surface area contributed by atoms with Crippen molar-refractivity contribution in [1.82, 2.24) is 10.2 Å². The van der Waals surface area contributed by atoms with E-state index in [0.717, 1.165) is 18.0 Å². The summed E-state index contributed by atoms with van der Waals surface area (Å²) in [5.74, 6) is 0.957. The van der Waals surface area contributed by atoms with Gasteiger partial charge in [-0.3, -0.25) is 4.90 Å². The lowest BCUT2D eigenvalue weighted by atomic mass is 9.81. The quantitative estimate of drug-likeness (QED) is 0.825. The van der Waals surface area contributed by atoms with Crippen LogP contribution in [-0.4, -0.2) is 36.1 Å². The third-order valence-corrected chi connectivity index (χ3v) is 5.05. The molecule has 1 aliphatic carbocycles. The minimum atomic E-state index is 0.671. The molecule has 2 heteroatoms. The molecule has 1 saturated heterocycles. The maximum absolute atomic E-state index is 3.71. The van der Waals surface area contributed by atoms with E-state index in [-0.39, 0.29) is 0 Å². The average molecular weight is 252 g/mol. The standard InChI is InChI=1S/C16H32N2/c1-4-8-14(3)18-12-13(2)17-11-16(18)15-9-6-5-7-10-15/h13-17H,4-12H2,1-3H3. The van der Waals surface area contributed by atoms with Crippen molar-refractivity contribution in [2.24, 2.45) is 5.92 Å². The lowest BCUT2D eigenvalue weighted by molar-refractivity contribution is 0.0410. The summed E-state index contributed by atoms with van der Waals surface area (Å²) in [6, 6.07) is 2.25. The van der Waals surface area contributed by atoms with Crippen molar-refractivity contribution in [2.75, 3.05) is 13.1 Å². The molecule has 3 atom stereocenters. The second-order valence-electron chi connectivity index (χ2n) is 6.61. The zero-order chi connectivity index (χ0) is 13.0. The Balaban J connectivity index is 1.99. The van der Waals surface area contributed by atoms with Gasteiger partial charge in [-0.1, -0.05) is 32.6 Å². The minimum Gasteiger partial charge on any atom is -0.311 e. The van der Waals surface area contributed by atoms with Gasteiger partial charge in [0.2, 0.25) is 0 Å². The fraction of sp³-hybridized carbons (Fsp3) is 1.00. The van der Waals surface area contributed by atoms with E-state index in [2.05, 4.69) is 31.0 Å². The molecular weight excluding hydrogens is 220 g/mol.